The van der Waals surface area contributed by atoms with Crippen LogP contribution in [0.5, 0.6) is 0 Å². The quantitative estimate of drug-likeness (QED) is 0.610. The van der Waals surface area contributed by atoms with Crippen molar-refractivity contribution >= 4 is 29.1 Å². The molecule has 1 aliphatic heterocycles. The van der Waals surface area contributed by atoms with Gasteiger partial charge in [-0.25, -0.2) is 8.78 Å². The minimum absolute atomic E-state index is 0.0100. The average molecular weight is 440 g/mol. The second kappa shape index (κ2) is 7.63. The van der Waals surface area contributed by atoms with E-state index >= 15 is 0 Å². The van der Waals surface area contributed by atoms with Gasteiger partial charge in [-0.1, -0.05) is 18.5 Å². The molecule has 0 saturated heterocycles. The van der Waals surface area contributed by atoms with Crippen molar-refractivity contribution in [2.24, 2.45) is 5.41 Å². The van der Waals surface area contributed by atoms with Crippen molar-refractivity contribution < 1.29 is 23.1 Å². The highest BCUT2D eigenvalue weighted by molar-refractivity contribution is 6.31. The van der Waals surface area contributed by atoms with Gasteiger partial charge >= 0.3 is 5.97 Å². The van der Waals surface area contributed by atoms with Gasteiger partial charge in [0.15, 0.2) is 0 Å². The van der Waals surface area contributed by atoms with Crippen molar-refractivity contribution in [1.29, 1.82) is 0 Å². The molecule has 1 saturated carbocycles. The van der Waals surface area contributed by atoms with E-state index in [1.807, 2.05) is 20.8 Å². The molecule has 30 heavy (non-hydrogen) atoms. The minimum Gasteiger partial charge on any atom is -0.427 e. The number of halogens is 3. The molecule has 1 amide bonds. The summed E-state index contributed by atoms with van der Waals surface area (Å²) in [7, 11) is 0. The first-order valence-corrected chi connectivity index (χ1v) is 10.6. The SMILES string of the molecule is CCC(C)(C)C(=O)OC1=C(c2c(C)cc(Cl)cc2C)C(=O)NC12CCC(F)(F)CC2. The van der Waals surface area contributed by atoms with E-state index in [0.717, 1.165) is 11.1 Å². The van der Waals surface area contributed by atoms with Crippen molar-refractivity contribution in [3.8, 4) is 0 Å². The molecule has 0 atom stereocenters. The molecule has 3 rings (SSSR count). The summed E-state index contributed by atoms with van der Waals surface area (Å²) in [5.41, 5.74) is 0.508. The standard InChI is InChI=1S/C23H28ClF2NO3/c1-6-21(4,5)20(29)30-18-17(16-13(2)11-15(24)12-14(16)3)19(28)27-22(18)7-9-23(25,26)10-8-22/h11-12H,6-10H2,1-5H3,(H,27,28). The van der Waals surface area contributed by atoms with Crippen LogP contribution in [0.1, 0.15) is 69.6 Å². The Bertz CT molecular complexity index is 903. The normalized spacial score (nSPS) is 20.5. The maximum absolute atomic E-state index is 13.9. The van der Waals surface area contributed by atoms with Crippen molar-refractivity contribution in [1.82, 2.24) is 5.32 Å². The zero-order chi connectivity index (χ0) is 22.5. The number of rotatable bonds is 4. The van der Waals surface area contributed by atoms with E-state index in [9.17, 15) is 18.4 Å². The van der Waals surface area contributed by atoms with Crippen LogP contribution in [-0.2, 0) is 14.3 Å². The third kappa shape index (κ3) is 3.98. The molecule has 1 aromatic carbocycles. The molecule has 1 heterocycles. The van der Waals surface area contributed by atoms with E-state index in [2.05, 4.69) is 5.32 Å². The molecular weight excluding hydrogens is 412 g/mol. The number of alkyl halides is 2. The van der Waals surface area contributed by atoms with Crippen LogP contribution in [0.15, 0.2) is 17.9 Å². The van der Waals surface area contributed by atoms with Gasteiger partial charge in [0.05, 0.1) is 16.5 Å². The second-order valence-corrected chi connectivity index (χ2v) is 9.57. The first-order valence-electron chi connectivity index (χ1n) is 10.3. The first-order chi connectivity index (χ1) is 13.8. The Labute approximate surface area is 181 Å². The number of esters is 1. The minimum atomic E-state index is -2.79. The predicted molar refractivity (Wildman–Crippen MR) is 112 cm³/mol. The Hall–Kier alpha value is -1.95. The predicted octanol–water partition coefficient (Wildman–Crippen LogP) is 5.73. The van der Waals surface area contributed by atoms with Gasteiger partial charge in [-0.15, -0.1) is 0 Å². The lowest BCUT2D eigenvalue weighted by Gasteiger charge is -2.38. The zero-order valence-corrected chi connectivity index (χ0v) is 18.8. The molecule has 0 radical (unpaired) electrons. The molecule has 1 N–H and O–H groups in total. The van der Waals surface area contributed by atoms with Gasteiger partial charge in [0, 0.05) is 17.9 Å². The molecule has 1 spiro atoms. The molecule has 0 aromatic heterocycles. The van der Waals surface area contributed by atoms with Crippen molar-refractivity contribution in [3.05, 3.63) is 39.6 Å². The van der Waals surface area contributed by atoms with Crippen LogP contribution in [0, 0.1) is 19.3 Å². The van der Waals surface area contributed by atoms with Gasteiger partial charge in [-0.05, 0) is 75.8 Å². The van der Waals surface area contributed by atoms with Gasteiger partial charge < -0.3 is 10.1 Å². The molecular formula is C23H28ClF2NO3. The smallest absolute Gasteiger partial charge is 0.316 e. The summed E-state index contributed by atoms with van der Waals surface area (Å²) in [6.07, 6.45) is -0.194. The van der Waals surface area contributed by atoms with Gasteiger partial charge in [-0.3, -0.25) is 9.59 Å². The number of nitrogens with one attached hydrogen (secondary N) is 1. The van der Waals surface area contributed by atoms with Crippen molar-refractivity contribution in [2.45, 2.75) is 78.2 Å². The Balaban J connectivity index is 2.18. The van der Waals surface area contributed by atoms with Crippen molar-refractivity contribution in [3.63, 3.8) is 0 Å². The van der Waals surface area contributed by atoms with E-state index in [0.29, 0.717) is 17.0 Å². The molecule has 0 unspecified atom stereocenters. The lowest BCUT2D eigenvalue weighted by Crippen LogP contribution is -2.50. The lowest BCUT2D eigenvalue weighted by molar-refractivity contribution is -0.151. The summed E-state index contributed by atoms with van der Waals surface area (Å²) < 4.78 is 33.7. The summed E-state index contributed by atoms with van der Waals surface area (Å²) in [6.45, 7) is 9.05. The molecule has 1 aliphatic carbocycles. The largest absolute Gasteiger partial charge is 0.427 e. The fourth-order valence-corrected chi connectivity index (χ4v) is 4.46. The molecule has 4 nitrogen and oxygen atoms in total. The Morgan fingerprint density at radius 3 is 2.20 bits per heavy atom. The molecule has 164 valence electrons. The van der Waals surface area contributed by atoms with E-state index < -0.39 is 28.8 Å². The van der Waals surface area contributed by atoms with Crippen LogP contribution in [0.25, 0.3) is 5.57 Å². The summed E-state index contributed by atoms with van der Waals surface area (Å²) >= 11 is 6.15. The Morgan fingerprint density at radius 2 is 1.70 bits per heavy atom. The molecule has 7 heteroatoms. The second-order valence-electron chi connectivity index (χ2n) is 9.14. The number of hydrogen-bond acceptors (Lipinski definition) is 3. The lowest BCUT2D eigenvalue weighted by atomic mass is 9.78. The number of hydrogen-bond donors (Lipinski definition) is 1. The van der Waals surface area contributed by atoms with Crippen LogP contribution in [0.3, 0.4) is 0 Å². The number of carbonyl (C=O) groups is 2. The third-order valence-corrected chi connectivity index (χ3v) is 6.67. The fourth-order valence-electron chi connectivity index (χ4n) is 4.13. The molecule has 1 aromatic rings. The summed E-state index contributed by atoms with van der Waals surface area (Å²) in [5, 5.41) is 3.43. The van der Waals surface area contributed by atoms with Crippen LogP contribution in [0.2, 0.25) is 5.02 Å². The van der Waals surface area contributed by atoms with Crippen LogP contribution in [-0.4, -0.2) is 23.3 Å². The molecule has 0 bridgehead atoms. The first kappa shape index (κ1) is 22.7. The van der Waals surface area contributed by atoms with Gasteiger partial charge in [-0.2, -0.15) is 0 Å². The maximum atomic E-state index is 13.9. The highest BCUT2D eigenvalue weighted by atomic mass is 35.5. The number of amides is 1. The van der Waals surface area contributed by atoms with E-state index in [4.69, 9.17) is 16.3 Å². The van der Waals surface area contributed by atoms with Crippen LogP contribution < -0.4 is 5.32 Å². The molecule has 1 fully saturated rings. The topological polar surface area (TPSA) is 55.4 Å². The third-order valence-electron chi connectivity index (χ3n) is 6.46. The van der Waals surface area contributed by atoms with Crippen LogP contribution in [0.4, 0.5) is 8.78 Å². The molecule has 2 aliphatic rings. The fraction of sp³-hybridized carbons (Fsp3) is 0.565. The number of aryl methyl sites for hydroxylation is 2. The Kier molecular flexibility index (Phi) is 5.78. The summed E-state index contributed by atoms with van der Waals surface area (Å²) in [5.74, 6) is -3.51. The van der Waals surface area contributed by atoms with E-state index in [1.165, 1.54) is 0 Å². The van der Waals surface area contributed by atoms with Gasteiger partial charge in [0.2, 0.25) is 5.92 Å². The Morgan fingerprint density at radius 1 is 1.17 bits per heavy atom. The average Bonchev–Trinajstić information content (AvgIpc) is 2.89. The van der Waals surface area contributed by atoms with Crippen LogP contribution >= 0.6 is 11.6 Å². The number of ether oxygens (including phenoxy) is 1. The summed E-state index contributed by atoms with van der Waals surface area (Å²) in [4.78, 5) is 26.1. The number of benzene rings is 1. The van der Waals surface area contributed by atoms with Gasteiger partial charge in [0.25, 0.3) is 5.91 Å². The monoisotopic (exact) mass is 439 g/mol. The zero-order valence-electron chi connectivity index (χ0n) is 18.0. The van der Waals surface area contributed by atoms with E-state index in [-0.39, 0.29) is 37.0 Å². The summed E-state index contributed by atoms with van der Waals surface area (Å²) in [6, 6.07) is 3.47. The van der Waals surface area contributed by atoms with E-state index in [1.54, 1.807) is 26.0 Å². The van der Waals surface area contributed by atoms with Crippen molar-refractivity contribution in [2.75, 3.05) is 0 Å². The number of carbonyl (C=O) groups excluding carboxylic acids is 2. The van der Waals surface area contributed by atoms with Gasteiger partial charge in [0.1, 0.15) is 5.76 Å². The highest BCUT2D eigenvalue weighted by Gasteiger charge is 2.54. The maximum Gasteiger partial charge on any atom is 0.316 e. The highest BCUT2D eigenvalue weighted by Crippen LogP contribution is 2.48.